The van der Waals surface area contributed by atoms with Crippen LogP contribution < -0.4 is 29.6 Å². The van der Waals surface area contributed by atoms with Crippen LogP contribution in [-0.2, 0) is 0 Å². The Bertz CT molecular complexity index is 11.6. The van der Waals surface area contributed by atoms with Gasteiger partial charge in [0.05, 0.1) is 0 Å². The first kappa shape index (κ1) is 9.31. The molecule has 1 nitrogen and oxygen atoms in total. The molecule has 0 atom stereocenters. The van der Waals surface area contributed by atoms with Gasteiger partial charge in [0, 0.05) is 0 Å². The summed E-state index contributed by atoms with van der Waals surface area (Å²) in [5.41, 5.74) is 0. The largest absolute Gasteiger partial charge is 1.00 e. The molecule has 0 bridgehead atoms. The molecule has 0 aromatic carbocycles. The van der Waals surface area contributed by atoms with Crippen LogP contribution in [0.5, 0.6) is 0 Å². The number of aliphatic hydroxyl groups excluding tert-OH is 1. The van der Waals surface area contributed by atoms with Crippen LogP contribution in [0.3, 0.4) is 0 Å². The van der Waals surface area contributed by atoms with E-state index in [1.807, 2.05) is 0 Å². The van der Waals surface area contributed by atoms with Crippen molar-refractivity contribution < 1.29 is 39.1 Å². The van der Waals surface area contributed by atoms with Crippen molar-refractivity contribution in [2.45, 2.75) is 0 Å². The minimum absolute atomic E-state index is 0. The van der Waals surface area contributed by atoms with E-state index in [4.69, 9.17) is 5.11 Å². The van der Waals surface area contributed by atoms with Crippen LogP contribution in [0.1, 0.15) is 0 Å². The maximum absolute atomic E-state index is 10.3. The van der Waals surface area contributed by atoms with Gasteiger partial charge in [0.25, 0.3) is 0 Å². The molecule has 0 unspecified atom stereocenters. The van der Waals surface area contributed by atoms with Crippen molar-refractivity contribution in [2.75, 3.05) is 6.61 Å². The molecule has 0 heterocycles. The summed E-state index contributed by atoms with van der Waals surface area (Å²) in [6.45, 7) is -0.292. The van der Waals surface area contributed by atoms with Crippen LogP contribution in [0.2, 0.25) is 0 Å². The maximum atomic E-state index is 10.3. The first-order valence-corrected chi connectivity index (χ1v) is 0.943. The zero-order valence-electron chi connectivity index (χ0n) is 3.11. The Morgan fingerprint density at radius 3 is 2.00 bits per heavy atom. The smallest absolute Gasteiger partial charge is 0.457 e. The van der Waals surface area contributed by atoms with Crippen molar-refractivity contribution in [1.82, 2.24) is 0 Å². The average molecular weight is 86.0 g/mol. The summed E-state index contributed by atoms with van der Waals surface area (Å²) in [5, 5.41) is 7.44. The van der Waals surface area contributed by atoms with Crippen molar-refractivity contribution in [3.63, 3.8) is 0 Å². The van der Waals surface area contributed by atoms with Gasteiger partial charge >= 0.3 is 29.6 Å². The summed E-state index contributed by atoms with van der Waals surface area (Å²) in [4.78, 5) is 0. The Morgan fingerprint density at radius 2 is 2.00 bits per heavy atom. The van der Waals surface area contributed by atoms with Crippen LogP contribution in [-0.4, -0.2) is 11.7 Å². The number of hydrogen-bond donors (Lipinski definition) is 1. The zero-order chi connectivity index (χ0) is 3.41. The van der Waals surface area contributed by atoms with Gasteiger partial charge in [0.1, 0.15) is 0 Å². The first-order chi connectivity index (χ1) is 1.91. The summed E-state index contributed by atoms with van der Waals surface area (Å²) >= 11 is 0. The third kappa shape index (κ3) is 11.4. The Morgan fingerprint density at radius 1 is 1.80 bits per heavy atom. The summed E-state index contributed by atoms with van der Waals surface area (Å²) in [7, 11) is 0. The van der Waals surface area contributed by atoms with E-state index in [0.717, 1.165) is 0 Å². The SMILES string of the molecule is OC[CH-]F.[Na+]. The topological polar surface area (TPSA) is 20.2 Å². The molecule has 5 heavy (non-hydrogen) atoms. The molecule has 0 radical (unpaired) electrons. The van der Waals surface area contributed by atoms with E-state index in [1.165, 1.54) is 0 Å². The van der Waals surface area contributed by atoms with E-state index in [0.29, 0.717) is 0 Å². The molecule has 0 aliphatic rings. The van der Waals surface area contributed by atoms with E-state index in [2.05, 4.69) is 0 Å². The third-order valence-electron chi connectivity index (χ3n) is 0.0690. The normalized spacial score (nSPS) is 6.00. The minimum Gasteiger partial charge on any atom is -0.457 e. The van der Waals surface area contributed by atoms with Gasteiger partial charge in [-0.25, -0.2) is 0 Å². The first-order valence-electron chi connectivity index (χ1n) is 0.943. The van der Waals surface area contributed by atoms with Crippen LogP contribution in [0.4, 0.5) is 4.39 Å². The monoisotopic (exact) mass is 86.0 g/mol. The molecular weight excluding hydrogens is 82.0 g/mol. The van der Waals surface area contributed by atoms with Crippen molar-refractivity contribution in [3.05, 3.63) is 6.67 Å². The molecule has 0 aromatic rings. The Hall–Kier alpha value is 0.890. The predicted octanol–water partition coefficient (Wildman–Crippen LogP) is -2.89. The number of halogens is 1. The van der Waals surface area contributed by atoms with E-state index in [-0.39, 0.29) is 36.2 Å². The van der Waals surface area contributed by atoms with Crippen molar-refractivity contribution in [3.8, 4) is 0 Å². The van der Waals surface area contributed by atoms with Crippen LogP contribution in [0, 0.1) is 6.67 Å². The molecule has 0 aliphatic heterocycles. The number of aliphatic hydroxyl groups is 1. The fraction of sp³-hybridized carbons (Fsp3) is 0.500. The van der Waals surface area contributed by atoms with E-state index >= 15 is 0 Å². The second-order valence-electron chi connectivity index (χ2n) is 0.337. The molecule has 0 rings (SSSR count). The summed E-state index contributed by atoms with van der Waals surface area (Å²) in [5.74, 6) is 0. The molecule has 0 fully saturated rings. The van der Waals surface area contributed by atoms with E-state index in [9.17, 15) is 4.39 Å². The fourth-order valence-corrected chi connectivity index (χ4v) is 0. The van der Waals surface area contributed by atoms with Gasteiger partial charge < -0.3 is 9.50 Å². The standard InChI is InChI=1S/C2H4FO.Na/c3-1-2-4;/h1,4H,2H2;/q-1;+1. The van der Waals surface area contributed by atoms with E-state index < -0.39 is 6.61 Å². The van der Waals surface area contributed by atoms with Crippen molar-refractivity contribution in [2.24, 2.45) is 0 Å². The number of rotatable bonds is 1. The van der Waals surface area contributed by atoms with Gasteiger partial charge in [0.2, 0.25) is 0 Å². The van der Waals surface area contributed by atoms with Gasteiger partial charge in [-0.3, -0.25) is 0 Å². The van der Waals surface area contributed by atoms with Crippen molar-refractivity contribution in [1.29, 1.82) is 0 Å². The van der Waals surface area contributed by atoms with Gasteiger partial charge in [0.15, 0.2) is 0 Å². The molecule has 1 N–H and O–H groups in total. The summed E-state index contributed by atoms with van der Waals surface area (Å²) in [6, 6.07) is 0. The third-order valence-corrected chi connectivity index (χ3v) is 0.0690. The molecule has 0 aliphatic carbocycles. The molecule has 0 amide bonds. The quantitative estimate of drug-likeness (QED) is 0.268. The maximum Gasteiger partial charge on any atom is 1.00 e. The molecule has 0 spiro atoms. The number of hydrogen-bond acceptors (Lipinski definition) is 1. The van der Waals surface area contributed by atoms with Crippen LogP contribution in [0.15, 0.2) is 0 Å². The minimum atomic E-state index is -0.472. The molecular formula is C2H4FNaO. The second-order valence-corrected chi connectivity index (χ2v) is 0.337. The molecule has 0 saturated carbocycles. The Kier molecular flexibility index (Phi) is 16.5. The van der Waals surface area contributed by atoms with Gasteiger partial charge in [-0.1, -0.05) is 6.61 Å². The molecule has 0 saturated heterocycles. The zero-order valence-corrected chi connectivity index (χ0v) is 5.11. The van der Waals surface area contributed by atoms with Gasteiger partial charge in [-0.2, -0.15) is 0 Å². The Labute approximate surface area is 52.5 Å². The summed E-state index contributed by atoms with van der Waals surface area (Å²) < 4.78 is 10.3. The molecule has 3 heteroatoms. The van der Waals surface area contributed by atoms with E-state index in [1.54, 1.807) is 0 Å². The fourth-order valence-electron chi connectivity index (χ4n) is 0. The van der Waals surface area contributed by atoms with Crippen LogP contribution >= 0.6 is 0 Å². The Balaban J connectivity index is 0. The second kappa shape index (κ2) is 8.86. The predicted molar refractivity (Wildman–Crippen MR) is 12.5 cm³/mol. The molecule has 0 aromatic heterocycles. The average Bonchev–Trinajstić information content (AvgIpc) is 1.37. The summed E-state index contributed by atoms with van der Waals surface area (Å²) in [6.07, 6.45) is 0. The van der Waals surface area contributed by atoms with Gasteiger partial charge in [-0.05, 0) is 0 Å². The molecule has 26 valence electrons. The van der Waals surface area contributed by atoms with Crippen molar-refractivity contribution >= 4 is 0 Å². The van der Waals surface area contributed by atoms with Gasteiger partial charge in [-0.15, -0.1) is 6.67 Å². The van der Waals surface area contributed by atoms with Crippen LogP contribution in [0.25, 0.3) is 0 Å².